The number of amides is 1. The Balaban J connectivity index is 1.92. The minimum atomic E-state index is -3.03. The Morgan fingerprint density at radius 3 is 2.90 bits per heavy atom. The largest absolute Gasteiger partial charge is 0.352 e. The molecule has 1 unspecified atom stereocenters. The Bertz CT molecular complexity index is 686. The van der Waals surface area contributed by atoms with Crippen molar-refractivity contribution in [1.29, 1.82) is 0 Å². The van der Waals surface area contributed by atoms with Crippen LogP contribution in [0.5, 0.6) is 0 Å². The molecule has 3 N–H and O–H groups in total. The Morgan fingerprint density at radius 1 is 1.43 bits per heavy atom. The van der Waals surface area contributed by atoms with Crippen molar-refractivity contribution in [3.8, 4) is 11.8 Å². The van der Waals surface area contributed by atoms with E-state index in [-0.39, 0.29) is 17.4 Å². The summed E-state index contributed by atoms with van der Waals surface area (Å²) in [7, 11) is -3.03. The zero-order valence-corrected chi connectivity index (χ0v) is 12.4. The van der Waals surface area contributed by atoms with Crippen molar-refractivity contribution in [3.05, 3.63) is 35.4 Å². The molecule has 1 amide bonds. The quantitative estimate of drug-likeness (QED) is 0.772. The normalized spacial score (nSPS) is 19.6. The van der Waals surface area contributed by atoms with Gasteiger partial charge in [0.2, 0.25) is 5.91 Å². The molecule has 0 aliphatic carbocycles. The van der Waals surface area contributed by atoms with E-state index in [1.807, 2.05) is 24.3 Å². The summed E-state index contributed by atoms with van der Waals surface area (Å²) in [6, 6.07) is 7.51. The number of nitrogens with one attached hydrogen (secondary N) is 1. The summed E-state index contributed by atoms with van der Waals surface area (Å²) in [5.41, 5.74) is 7.09. The maximum Gasteiger partial charge on any atom is 0.224 e. The highest BCUT2D eigenvalue weighted by Gasteiger charge is 2.32. The lowest BCUT2D eigenvalue weighted by molar-refractivity contribution is -0.124. The molecule has 2 rings (SSSR count). The number of benzene rings is 1. The molecule has 0 spiro atoms. The maximum atomic E-state index is 11.9. The van der Waals surface area contributed by atoms with E-state index in [1.165, 1.54) is 0 Å². The van der Waals surface area contributed by atoms with Crippen LogP contribution < -0.4 is 11.1 Å². The molecule has 112 valence electrons. The van der Waals surface area contributed by atoms with Gasteiger partial charge in [-0.3, -0.25) is 4.79 Å². The van der Waals surface area contributed by atoms with Crippen molar-refractivity contribution in [3.63, 3.8) is 0 Å². The van der Waals surface area contributed by atoms with Crippen LogP contribution in [0.25, 0.3) is 0 Å². The van der Waals surface area contributed by atoms with E-state index in [1.54, 1.807) is 0 Å². The van der Waals surface area contributed by atoms with E-state index >= 15 is 0 Å². The first-order valence-corrected chi connectivity index (χ1v) is 8.58. The number of sulfone groups is 1. The van der Waals surface area contributed by atoms with Gasteiger partial charge >= 0.3 is 0 Å². The molecule has 1 aromatic carbocycles. The standard InChI is InChI=1S/C15H18N2O3S/c16-7-2-5-12-3-1-4-13(9-12)10-17-15(18)14-6-8-21(19,20)11-14/h1,3-4,9,14H,6-8,10-11,16H2,(H,17,18). The monoisotopic (exact) mass is 306 g/mol. The molecular weight excluding hydrogens is 288 g/mol. The van der Waals surface area contributed by atoms with Crippen molar-refractivity contribution in [2.45, 2.75) is 13.0 Å². The first-order valence-electron chi connectivity index (χ1n) is 6.76. The molecule has 0 aromatic heterocycles. The Labute approximate surface area is 124 Å². The minimum absolute atomic E-state index is 0.0408. The highest BCUT2D eigenvalue weighted by Crippen LogP contribution is 2.18. The summed E-state index contributed by atoms with van der Waals surface area (Å²) in [6.45, 7) is 0.671. The number of carbonyl (C=O) groups is 1. The summed E-state index contributed by atoms with van der Waals surface area (Å²) in [6.07, 6.45) is 0.413. The lowest BCUT2D eigenvalue weighted by Gasteiger charge is -2.09. The molecule has 1 heterocycles. The van der Waals surface area contributed by atoms with Crippen LogP contribution in [-0.2, 0) is 21.2 Å². The molecular formula is C15H18N2O3S. The second-order valence-electron chi connectivity index (χ2n) is 5.02. The van der Waals surface area contributed by atoms with Crippen LogP contribution in [0.15, 0.2) is 24.3 Å². The predicted octanol–water partition coefficient (Wildman–Crippen LogP) is 0.0477. The molecule has 6 heteroatoms. The molecule has 1 aliphatic heterocycles. The molecule has 0 radical (unpaired) electrons. The summed E-state index contributed by atoms with van der Waals surface area (Å²) in [5, 5.41) is 2.79. The molecule has 21 heavy (non-hydrogen) atoms. The fraction of sp³-hybridized carbons (Fsp3) is 0.400. The van der Waals surface area contributed by atoms with Gasteiger partial charge in [-0.1, -0.05) is 24.0 Å². The summed E-state index contributed by atoms with van der Waals surface area (Å²) in [5.74, 6) is 5.15. The van der Waals surface area contributed by atoms with Gasteiger partial charge in [-0.05, 0) is 24.1 Å². The lowest BCUT2D eigenvalue weighted by atomic mass is 10.1. The predicted molar refractivity (Wildman–Crippen MR) is 81.0 cm³/mol. The van der Waals surface area contributed by atoms with Crippen LogP contribution in [0.3, 0.4) is 0 Å². The van der Waals surface area contributed by atoms with E-state index in [0.717, 1.165) is 11.1 Å². The third-order valence-corrected chi connectivity index (χ3v) is 5.10. The van der Waals surface area contributed by atoms with Crippen molar-refractivity contribution in [2.24, 2.45) is 11.7 Å². The second kappa shape index (κ2) is 6.74. The van der Waals surface area contributed by atoms with Gasteiger partial charge in [0.15, 0.2) is 9.84 Å². The maximum absolute atomic E-state index is 11.9. The van der Waals surface area contributed by atoms with Gasteiger partial charge in [-0.15, -0.1) is 0 Å². The summed E-state index contributed by atoms with van der Waals surface area (Å²) >= 11 is 0. The molecule has 1 saturated heterocycles. The molecule has 1 fully saturated rings. The van der Waals surface area contributed by atoms with Crippen LogP contribution in [0, 0.1) is 17.8 Å². The van der Waals surface area contributed by atoms with E-state index < -0.39 is 15.8 Å². The van der Waals surface area contributed by atoms with Gasteiger partial charge < -0.3 is 11.1 Å². The van der Waals surface area contributed by atoms with Gasteiger partial charge in [0.05, 0.1) is 24.0 Å². The van der Waals surface area contributed by atoms with Crippen molar-refractivity contribution in [1.82, 2.24) is 5.32 Å². The van der Waals surface area contributed by atoms with E-state index in [0.29, 0.717) is 19.5 Å². The van der Waals surface area contributed by atoms with Gasteiger partial charge in [-0.2, -0.15) is 0 Å². The average molecular weight is 306 g/mol. The molecule has 0 bridgehead atoms. The summed E-state index contributed by atoms with van der Waals surface area (Å²) in [4.78, 5) is 11.9. The van der Waals surface area contributed by atoms with E-state index in [9.17, 15) is 13.2 Å². The lowest BCUT2D eigenvalue weighted by Crippen LogP contribution is -2.30. The number of hydrogen-bond donors (Lipinski definition) is 2. The third kappa shape index (κ3) is 4.59. The van der Waals surface area contributed by atoms with Gasteiger partial charge in [0, 0.05) is 12.1 Å². The van der Waals surface area contributed by atoms with Crippen molar-refractivity contribution < 1.29 is 13.2 Å². The van der Waals surface area contributed by atoms with Crippen molar-refractivity contribution >= 4 is 15.7 Å². The van der Waals surface area contributed by atoms with Crippen LogP contribution in [-0.4, -0.2) is 32.4 Å². The molecule has 1 aromatic rings. The molecule has 0 saturated carbocycles. The zero-order valence-electron chi connectivity index (χ0n) is 11.6. The molecule has 5 nitrogen and oxygen atoms in total. The number of nitrogens with two attached hydrogens (primary N) is 1. The number of rotatable bonds is 3. The summed E-state index contributed by atoms with van der Waals surface area (Å²) < 4.78 is 22.7. The first-order chi connectivity index (χ1) is 10.00. The second-order valence-corrected chi connectivity index (χ2v) is 7.25. The Kier molecular flexibility index (Phi) is 4.99. The van der Waals surface area contributed by atoms with Crippen LogP contribution in [0.2, 0.25) is 0 Å². The SMILES string of the molecule is NCC#Cc1cccc(CNC(=O)C2CCS(=O)(=O)C2)c1. The highest BCUT2D eigenvalue weighted by atomic mass is 32.2. The van der Waals surface area contributed by atoms with Crippen LogP contribution >= 0.6 is 0 Å². The zero-order chi connectivity index (χ0) is 15.3. The van der Waals surface area contributed by atoms with Crippen LogP contribution in [0.1, 0.15) is 17.5 Å². The van der Waals surface area contributed by atoms with Gasteiger partial charge in [0.1, 0.15) is 0 Å². The Morgan fingerprint density at radius 2 is 2.24 bits per heavy atom. The topological polar surface area (TPSA) is 89.3 Å². The van der Waals surface area contributed by atoms with E-state index in [4.69, 9.17) is 5.73 Å². The average Bonchev–Trinajstić information content (AvgIpc) is 2.83. The molecule has 1 aliphatic rings. The minimum Gasteiger partial charge on any atom is -0.352 e. The smallest absolute Gasteiger partial charge is 0.224 e. The highest BCUT2D eigenvalue weighted by molar-refractivity contribution is 7.91. The Hall–Kier alpha value is -1.84. The number of hydrogen-bond acceptors (Lipinski definition) is 4. The fourth-order valence-corrected chi connectivity index (χ4v) is 3.99. The number of carbonyl (C=O) groups excluding carboxylic acids is 1. The van der Waals surface area contributed by atoms with E-state index in [2.05, 4.69) is 17.2 Å². The van der Waals surface area contributed by atoms with Gasteiger partial charge in [-0.25, -0.2) is 8.42 Å². The first kappa shape index (κ1) is 15.5. The molecule has 1 atom stereocenters. The fourth-order valence-electron chi connectivity index (χ4n) is 2.25. The van der Waals surface area contributed by atoms with Crippen LogP contribution in [0.4, 0.5) is 0 Å². The van der Waals surface area contributed by atoms with Gasteiger partial charge in [0.25, 0.3) is 0 Å². The van der Waals surface area contributed by atoms with Crippen molar-refractivity contribution in [2.75, 3.05) is 18.1 Å². The third-order valence-electron chi connectivity index (χ3n) is 3.33.